The maximum absolute atomic E-state index is 12.3. The number of amides is 2. The minimum atomic E-state index is -0.496. The highest BCUT2D eigenvalue weighted by atomic mass is 16.2. The number of carbonyl (C=O) groups is 2. The second-order valence-corrected chi connectivity index (χ2v) is 4.64. The first-order valence-corrected chi connectivity index (χ1v) is 6.42. The number of primary amides is 1. The molecule has 5 heteroatoms. The second kappa shape index (κ2) is 5.13. The lowest BCUT2D eigenvalue weighted by molar-refractivity contribution is 0.0998. The van der Waals surface area contributed by atoms with E-state index in [1.165, 1.54) is 0 Å². The third-order valence-corrected chi connectivity index (χ3v) is 3.26. The van der Waals surface area contributed by atoms with Gasteiger partial charge in [0.2, 0.25) is 5.91 Å². The molecule has 0 unspecified atom stereocenters. The fourth-order valence-corrected chi connectivity index (χ4v) is 2.19. The van der Waals surface area contributed by atoms with Crippen molar-refractivity contribution in [1.29, 1.82) is 0 Å². The van der Waals surface area contributed by atoms with Crippen LogP contribution < -0.4 is 11.1 Å². The predicted octanol–water partition coefficient (Wildman–Crippen LogP) is 2.52. The molecule has 3 rings (SSSR count). The highest BCUT2D eigenvalue weighted by molar-refractivity contribution is 6.12. The summed E-state index contributed by atoms with van der Waals surface area (Å²) in [5.41, 5.74) is 7.54. The van der Waals surface area contributed by atoms with Crippen LogP contribution in [0.1, 0.15) is 20.7 Å². The van der Waals surface area contributed by atoms with E-state index in [2.05, 4.69) is 10.3 Å². The minimum Gasteiger partial charge on any atom is -0.366 e. The number of H-pyrrole nitrogens is 1. The summed E-state index contributed by atoms with van der Waals surface area (Å²) < 4.78 is 0. The maximum atomic E-state index is 12.3. The number of carbonyl (C=O) groups excluding carboxylic acids is 2. The first-order valence-electron chi connectivity index (χ1n) is 6.42. The zero-order valence-corrected chi connectivity index (χ0v) is 11.1. The second-order valence-electron chi connectivity index (χ2n) is 4.64. The molecule has 0 fully saturated rings. The van der Waals surface area contributed by atoms with E-state index in [1.807, 2.05) is 18.2 Å². The smallest absolute Gasteiger partial charge is 0.257 e. The van der Waals surface area contributed by atoms with Gasteiger partial charge in [-0.15, -0.1) is 0 Å². The fraction of sp³-hybridized carbons (Fsp3) is 0. The Kier molecular flexibility index (Phi) is 3.16. The van der Waals surface area contributed by atoms with Crippen molar-refractivity contribution in [2.75, 3.05) is 5.32 Å². The number of anilines is 1. The predicted molar refractivity (Wildman–Crippen MR) is 81.2 cm³/mol. The first kappa shape index (κ1) is 12.9. The van der Waals surface area contributed by atoms with Gasteiger partial charge in [-0.1, -0.05) is 12.1 Å². The molecule has 0 saturated heterocycles. The molecule has 0 aliphatic carbocycles. The Balaban J connectivity index is 1.86. The number of aromatic nitrogens is 1. The van der Waals surface area contributed by atoms with Crippen LogP contribution in [0.25, 0.3) is 10.9 Å². The maximum Gasteiger partial charge on any atom is 0.257 e. The van der Waals surface area contributed by atoms with Gasteiger partial charge in [0.25, 0.3) is 5.91 Å². The topological polar surface area (TPSA) is 88.0 Å². The van der Waals surface area contributed by atoms with Gasteiger partial charge < -0.3 is 16.0 Å². The molecular formula is C16H13N3O2. The van der Waals surface area contributed by atoms with E-state index >= 15 is 0 Å². The summed E-state index contributed by atoms with van der Waals surface area (Å²) in [5, 5.41) is 3.77. The third kappa shape index (κ3) is 2.49. The molecule has 0 bridgehead atoms. The average molecular weight is 279 g/mol. The van der Waals surface area contributed by atoms with Crippen LogP contribution in [0.5, 0.6) is 0 Å². The highest BCUT2D eigenvalue weighted by Gasteiger charge is 2.11. The van der Waals surface area contributed by atoms with E-state index in [9.17, 15) is 9.59 Å². The molecule has 104 valence electrons. The molecule has 0 radical (unpaired) electrons. The third-order valence-electron chi connectivity index (χ3n) is 3.26. The largest absolute Gasteiger partial charge is 0.366 e. The molecule has 0 spiro atoms. The zero-order valence-electron chi connectivity index (χ0n) is 11.1. The van der Waals surface area contributed by atoms with Gasteiger partial charge in [0.05, 0.1) is 11.1 Å². The zero-order chi connectivity index (χ0) is 14.8. The van der Waals surface area contributed by atoms with Crippen LogP contribution >= 0.6 is 0 Å². The van der Waals surface area contributed by atoms with Crippen molar-refractivity contribution in [3.63, 3.8) is 0 Å². The monoisotopic (exact) mass is 279 g/mol. The van der Waals surface area contributed by atoms with Crippen LogP contribution in [0.2, 0.25) is 0 Å². The van der Waals surface area contributed by atoms with E-state index in [1.54, 1.807) is 36.5 Å². The Hall–Kier alpha value is -3.08. The lowest BCUT2D eigenvalue weighted by Gasteiger charge is -2.07. The Morgan fingerprint density at radius 2 is 1.76 bits per heavy atom. The van der Waals surface area contributed by atoms with E-state index < -0.39 is 5.91 Å². The van der Waals surface area contributed by atoms with E-state index in [0.29, 0.717) is 16.8 Å². The minimum absolute atomic E-state index is 0.213. The van der Waals surface area contributed by atoms with Crippen molar-refractivity contribution < 1.29 is 9.59 Å². The van der Waals surface area contributed by atoms with Gasteiger partial charge in [0.1, 0.15) is 0 Å². The molecule has 0 saturated carbocycles. The van der Waals surface area contributed by atoms with Crippen molar-refractivity contribution in [3.05, 3.63) is 65.9 Å². The Morgan fingerprint density at radius 3 is 2.48 bits per heavy atom. The quantitative estimate of drug-likeness (QED) is 0.687. The first-order chi connectivity index (χ1) is 10.1. The Labute approximate surface area is 120 Å². The van der Waals surface area contributed by atoms with Crippen LogP contribution in [0.3, 0.4) is 0 Å². The van der Waals surface area contributed by atoms with Gasteiger partial charge in [0, 0.05) is 22.8 Å². The van der Waals surface area contributed by atoms with Gasteiger partial charge in [-0.3, -0.25) is 9.59 Å². The molecule has 0 aliphatic rings. The molecule has 2 aromatic carbocycles. The lowest BCUT2D eigenvalue weighted by atomic mass is 10.1. The molecule has 1 aromatic heterocycles. The molecular weight excluding hydrogens is 266 g/mol. The molecule has 0 aliphatic heterocycles. The number of nitrogens with one attached hydrogen (secondary N) is 2. The SMILES string of the molecule is NC(=O)c1ccc(NC(=O)c2cccc3cc[nH]c23)cc1. The molecule has 5 nitrogen and oxygen atoms in total. The van der Waals surface area contributed by atoms with E-state index in [0.717, 1.165) is 10.9 Å². The summed E-state index contributed by atoms with van der Waals surface area (Å²) in [5.74, 6) is -0.709. The van der Waals surface area contributed by atoms with Crippen LogP contribution in [-0.4, -0.2) is 16.8 Å². The van der Waals surface area contributed by atoms with Crippen molar-refractivity contribution in [1.82, 2.24) is 4.98 Å². The number of benzene rings is 2. The van der Waals surface area contributed by atoms with E-state index in [-0.39, 0.29) is 5.91 Å². The number of hydrogen-bond donors (Lipinski definition) is 3. The molecule has 3 aromatic rings. The van der Waals surface area contributed by atoms with Crippen molar-refractivity contribution in [2.24, 2.45) is 5.73 Å². The van der Waals surface area contributed by atoms with Gasteiger partial charge >= 0.3 is 0 Å². The summed E-state index contributed by atoms with van der Waals surface area (Å²) in [4.78, 5) is 26.4. The summed E-state index contributed by atoms with van der Waals surface area (Å²) in [6.07, 6.45) is 1.79. The Morgan fingerprint density at radius 1 is 1.00 bits per heavy atom. The number of rotatable bonds is 3. The van der Waals surface area contributed by atoms with Gasteiger partial charge in [-0.25, -0.2) is 0 Å². The van der Waals surface area contributed by atoms with Crippen LogP contribution in [0, 0.1) is 0 Å². The van der Waals surface area contributed by atoms with Gasteiger partial charge in [-0.2, -0.15) is 0 Å². The summed E-state index contributed by atoms with van der Waals surface area (Å²) in [7, 11) is 0. The molecule has 0 atom stereocenters. The number of fused-ring (bicyclic) bond motifs is 1. The fourth-order valence-electron chi connectivity index (χ4n) is 2.19. The summed E-state index contributed by atoms with van der Waals surface area (Å²) >= 11 is 0. The highest BCUT2D eigenvalue weighted by Crippen LogP contribution is 2.18. The molecule has 2 amide bonds. The number of hydrogen-bond acceptors (Lipinski definition) is 2. The normalized spacial score (nSPS) is 10.5. The molecule has 4 N–H and O–H groups in total. The van der Waals surface area contributed by atoms with Gasteiger partial charge in [0.15, 0.2) is 0 Å². The lowest BCUT2D eigenvalue weighted by Crippen LogP contribution is -2.13. The summed E-state index contributed by atoms with van der Waals surface area (Å²) in [6.45, 7) is 0. The average Bonchev–Trinajstić information content (AvgIpc) is 2.96. The van der Waals surface area contributed by atoms with E-state index in [4.69, 9.17) is 5.73 Å². The number of para-hydroxylation sites is 1. The molecule has 1 heterocycles. The Bertz CT molecular complexity index is 819. The standard InChI is InChI=1S/C16H13N3O2/c17-15(20)11-4-6-12(7-5-11)19-16(21)13-3-1-2-10-8-9-18-14(10)13/h1-9,18H,(H2,17,20)(H,19,21). The summed E-state index contributed by atoms with van der Waals surface area (Å²) in [6, 6.07) is 13.9. The van der Waals surface area contributed by atoms with Crippen LogP contribution in [0.4, 0.5) is 5.69 Å². The van der Waals surface area contributed by atoms with Crippen LogP contribution in [0.15, 0.2) is 54.7 Å². The van der Waals surface area contributed by atoms with Crippen LogP contribution in [-0.2, 0) is 0 Å². The van der Waals surface area contributed by atoms with Crippen molar-refractivity contribution >= 4 is 28.4 Å². The van der Waals surface area contributed by atoms with Crippen molar-refractivity contribution in [2.45, 2.75) is 0 Å². The molecule has 21 heavy (non-hydrogen) atoms. The van der Waals surface area contributed by atoms with Gasteiger partial charge in [-0.05, 0) is 36.4 Å². The number of nitrogens with two attached hydrogens (primary N) is 1. The van der Waals surface area contributed by atoms with Crippen molar-refractivity contribution in [3.8, 4) is 0 Å². The number of aromatic amines is 1.